The Labute approximate surface area is 97.9 Å². The number of aromatic nitrogens is 4. The van der Waals surface area contributed by atoms with Gasteiger partial charge in [0.05, 0.1) is 27.0 Å². The zero-order chi connectivity index (χ0) is 12.3. The second-order valence-corrected chi connectivity index (χ2v) is 3.14. The molecule has 0 aliphatic rings. The number of methoxy groups -OCH3 is 3. The summed E-state index contributed by atoms with van der Waals surface area (Å²) in [4.78, 5) is 0. The summed E-state index contributed by atoms with van der Waals surface area (Å²) in [6.45, 7) is 0. The molecule has 0 radical (unpaired) electrons. The molecule has 2 aromatic rings. The molecule has 90 valence electrons. The van der Waals surface area contributed by atoms with Crippen LogP contribution < -0.4 is 14.2 Å². The van der Waals surface area contributed by atoms with E-state index in [-0.39, 0.29) is 0 Å². The highest BCUT2D eigenvalue weighted by Crippen LogP contribution is 2.38. The van der Waals surface area contributed by atoms with Crippen molar-refractivity contribution in [2.24, 2.45) is 0 Å². The fraction of sp³-hybridized carbons (Fsp3) is 0.300. The van der Waals surface area contributed by atoms with Crippen LogP contribution in [0, 0.1) is 0 Å². The van der Waals surface area contributed by atoms with Crippen molar-refractivity contribution in [3.05, 3.63) is 18.5 Å². The number of benzene rings is 1. The maximum absolute atomic E-state index is 5.23. The van der Waals surface area contributed by atoms with Crippen LogP contribution in [0.15, 0.2) is 18.5 Å². The van der Waals surface area contributed by atoms with Crippen LogP contribution in [0.2, 0.25) is 0 Å². The zero-order valence-corrected chi connectivity index (χ0v) is 9.75. The highest BCUT2D eigenvalue weighted by atomic mass is 16.5. The Balaban J connectivity index is 2.56. The molecular formula is C10H12N4O3. The average Bonchev–Trinajstić information content (AvgIpc) is 2.90. The van der Waals surface area contributed by atoms with E-state index in [1.54, 1.807) is 33.5 Å². The van der Waals surface area contributed by atoms with Gasteiger partial charge in [0.25, 0.3) is 0 Å². The smallest absolute Gasteiger partial charge is 0.203 e. The molecule has 7 heteroatoms. The van der Waals surface area contributed by atoms with Crippen LogP contribution in [-0.4, -0.2) is 41.5 Å². The molecule has 2 rings (SSSR count). The quantitative estimate of drug-likeness (QED) is 0.777. The van der Waals surface area contributed by atoms with E-state index >= 15 is 0 Å². The van der Waals surface area contributed by atoms with E-state index in [1.807, 2.05) is 0 Å². The molecule has 1 heterocycles. The van der Waals surface area contributed by atoms with Crippen molar-refractivity contribution in [2.45, 2.75) is 0 Å². The summed E-state index contributed by atoms with van der Waals surface area (Å²) >= 11 is 0. The molecule has 0 aliphatic carbocycles. The molecular weight excluding hydrogens is 224 g/mol. The Morgan fingerprint density at radius 1 is 1.00 bits per heavy atom. The molecule has 7 nitrogen and oxygen atoms in total. The van der Waals surface area contributed by atoms with Gasteiger partial charge in [-0.05, 0) is 10.4 Å². The van der Waals surface area contributed by atoms with Gasteiger partial charge >= 0.3 is 0 Å². The summed E-state index contributed by atoms with van der Waals surface area (Å²) in [5.41, 5.74) is 0.726. The van der Waals surface area contributed by atoms with Gasteiger partial charge in [0.2, 0.25) is 5.75 Å². The molecule has 1 aromatic heterocycles. The van der Waals surface area contributed by atoms with Gasteiger partial charge in [-0.15, -0.1) is 5.10 Å². The first-order valence-electron chi connectivity index (χ1n) is 4.83. The van der Waals surface area contributed by atoms with Crippen molar-refractivity contribution in [1.82, 2.24) is 20.2 Å². The average molecular weight is 236 g/mol. The molecule has 0 spiro atoms. The third-order valence-electron chi connectivity index (χ3n) is 2.26. The van der Waals surface area contributed by atoms with Crippen molar-refractivity contribution in [2.75, 3.05) is 21.3 Å². The van der Waals surface area contributed by atoms with Gasteiger partial charge in [-0.25, -0.2) is 4.68 Å². The lowest BCUT2D eigenvalue weighted by Crippen LogP contribution is -2.00. The van der Waals surface area contributed by atoms with Crippen molar-refractivity contribution in [3.63, 3.8) is 0 Å². The fourth-order valence-corrected chi connectivity index (χ4v) is 1.48. The first kappa shape index (κ1) is 11.2. The van der Waals surface area contributed by atoms with Crippen LogP contribution in [0.1, 0.15) is 0 Å². The van der Waals surface area contributed by atoms with E-state index in [9.17, 15) is 0 Å². The molecule has 17 heavy (non-hydrogen) atoms. The van der Waals surface area contributed by atoms with Gasteiger partial charge in [-0.2, -0.15) is 0 Å². The molecule has 0 amide bonds. The van der Waals surface area contributed by atoms with Crippen LogP contribution in [0.5, 0.6) is 17.2 Å². The highest BCUT2D eigenvalue weighted by molar-refractivity contribution is 5.57. The summed E-state index contributed by atoms with van der Waals surface area (Å²) in [6.07, 6.45) is 1.49. The van der Waals surface area contributed by atoms with Crippen LogP contribution in [0.25, 0.3) is 5.69 Å². The van der Waals surface area contributed by atoms with Gasteiger partial charge < -0.3 is 14.2 Å². The minimum atomic E-state index is 0.534. The van der Waals surface area contributed by atoms with Gasteiger partial charge in [0, 0.05) is 12.1 Å². The van der Waals surface area contributed by atoms with E-state index in [2.05, 4.69) is 15.5 Å². The maximum atomic E-state index is 5.23. The lowest BCUT2D eigenvalue weighted by molar-refractivity contribution is 0.324. The molecule has 0 N–H and O–H groups in total. The number of hydrogen-bond acceptors (Lipinski definition) is 6. The standard InChI is InChI=1S/C10H12N4O3/c1-15-8-4-7(14-6-11-12-13-14)5-9(16-2)10(8)17-3/h4-6H,1-3H3. The van der Waals surface area contributed by atoms with Gasteiger partial charge in [-0.3, -0.25) is 0 Å². The summed E-state index contributed by atoms with van der Waals surface area (Å²) in [6, 6.07) is 3.52. The molecule has 0 atom stereocenters. The Morgan fingerprint density at radius 3 is 2.06 bits per heavy atom. The number of rotatable bonds is 4. The van der Waals surface area contributed by atoms with Gasteiger partial charge in [0.1, 0.15) is 6.33 Å². The monoisotopic (exact) mass is 236 g/mol. The predicted molar refractivity (Wildman–Crippen MR) is 58.8 cm³/mol. The third-order valence-corrected chi connectivity index (χ3v) is 2.26. The van der Waals surface area contributed by atoms with E-state index in [0.717, 1.165) is 5.69 Å². The maximum Gasteiger partial charge on any atom is 0.203 e. The van der Waals surface area contributed by atoms with E-state index in [0.29, 0.717) is 17.2 Å². The van der Waals surface area contributed by atoms with E-state index < -0.39 is 0 Å². The van der Waals surface area contributed by atoms with E-state index in [1.165, 1.54) is 11.0 Å². The topological polar surface area (TPSA) is 71.3 Å². The van der Waals surface area contributed by atoms with Crippen molar-refractivity contribution >= 4 is 0 Å². The summed E-state index contributed by atoms with van der Waals surface area (Å²) in [5.74, 6) is 1.64. The van der Waals surface area contributed by atoms with Crippen molar-refractivity contribution in [3.8, 4) is 22.9 Å². The number of nitrogens with zero attached hydrogens (tertiary/aromatic N) is 4. The largest absolute Gasteiger partial charge is 0.493 e. The number of ether oxygens (including phenoxy) is 3. The Morgan fingerprint density at radius 2 is 1.65 bits per heavy atom. The molecule has 0 saturated heterocycles. The summed E-state index contributed by atoms with van der Waals surface area (Å²) in [7, 11) is 4.67. The lowest BCUT2D eigenvalue weighted by atomic mass is 10.2. The van der Waals surface area contributed by atoms with Gasteiger partial charge in [-0.1, -0.05) is 0 Å². The van der Waals surface area contributed by atoms with Crippen LogP contribution in [-0.2, 0) is 0 Å². The van der Waals surface area contributed by atoms with Crippen molar-refractivity contribution in [1.29, 1.82) is 0 Å². The normalized spacial score (nSPS) is 10.1. The fourth-order valence-electron chi connectivity index (χ4n) is 1.48. The summed E-state index contributed by atoms with van der Waals surface area (Å²) < 4.78 is 17.2. The minimum absolute atomic E-state index is 0.534. The lowest BCUT2D eigenvalue weighted by Gasteiger charge is -2.13. The molecule has 0 saturated carbocycles. The number of hydrogen-bond donors (Lipinski definition) is 0. The number of tetrazole rings is 1. The summed E-state index contributed by atoms with van der Waals surface area (Å²) in [5, 5.41) is 10.9. The predicted octanol–water partition coefficient (Wildman–Crippen LogP) is 0.688. The van der Waals surface area contributed by atoms with Gasteiger partial charge in [0.15, 0.2) is 11.5 Å². The van der Waals surface area contributed by atoms with Crippen LogP contribution >= 0.6 is 0 Å². The molecule has 0 bridgehead atoms. The van der Waals surface area contributed by atoms with Crippen LogP contribution in [0.4, 0.5) is 0 Å². The van der Waals surface area contributed by atoms with Crippen LogP contribution in [0.3, 0.4) is 0 Å². The second-order valence-electron chi connectivity index (χ2n) is 3.14. The molecule has 0 fully saturated rings. The minimum Gasteiger partial charge on any atom is -0.493 e. The SMILES string of the molecule is COc1cc(-n2cnnn2)cc(OC)c1OC. The highest BCUT2D eigenvalue weighted by Gasteiger charge is 2.14. The molecule has 0 aliphatic heterocycles. The molecule has 0 unspecified atom stereocenters. The molecule has 1 aromatic carbocycles. The second kappa shape index (κ2) is 4.69. The third kappa shape index (κ3) is 1.99. The van der Waals surface area contributed by atoms with Crippen molar-refractivity contribution < 1.29 is 14.2 Å². The Kier molecular flexibility index (Phi) is 3.08. The first-order chi connectivity index (χ1) is 8.30. The zero-order valence-electron chi connectivity index (χ0n) is 9.75. The Hall–Kier alpha value is -2.31. The Bertz CT molecular complexity index is 473. The first-order valence-corrected chi connectivity index (χ1v) is 4.83. The van der Waals surface area contributed by atoms with E-state index in [4.69, 9.17) is 14.2 Å².